The summed E-state index contributed by atoms with van der Waals surface area (Å²) in [5.74, 6) is -0.720. The molecule has 2 amide bonds. The molecular weight excluding hydrogens is 498 g/mol. The zero-order chi connectivity index (χ0) is 27.9. The highest BCUT2D eigenvalue weighted by molar-refractivity contribution is 7.92. The van der Waals surface area contributed by atoms with Gasteiger partial charge in [0.2, 0.25) is 11.8 Å². The van der Waals surface area contributed by atoms with Crippen molar-refractivity contribution in [2.75, 3.05) is 17.4 Å². The third-order valence-corrected chi connectivity index (χ3v) is 8.34. The Labute approximate surface area is 226 Å². The van der Waals surface area contributed by atoms with E-state index < -0.39 is 28.5 Å². The normalized spacial score (nSPS) is 12.0. The fourth-order valence-electron chi connectivity index (χ4n) is 4.26. The van der Waals surface area contributed by atoms with Crippen molar-refractivity contribution in [3.8, 4) is 0 Å². The van der Waals surface area contributed by atoms with Crippen molar-refractivity contribution < 1.29 is 18.0 Å². The second-order valence-electron chi connectivity index (χ2n) is 9.43. The topological polar surface area (TPSA) is 86.8 Å². The van der Waals surface area contributed by atoms with Gasteiger partial charge in [0.25, 0.3) is 10.0 Å². The van der Waals surface area contributed by atoms with Crippen LogP contribution in [-0.2, 0) is 26.2 Å². The van der Waals surface area contributed by atoms with E-state index in [-0.39, 0.29) is 17.3 Å². The minimum Gasteiger partial charge on any atom is -0.355 e. The molecule has 0 heterocycles. The summed E-state index contributed by atoms with van der Waals surface area (Å²) in [6, 6.07) is 20.5. The molecule has 0 aliphatic rings. The maximum absolute atomic E-state index is 14.0. The number of amides is 2. The molecule has 0 aliphatic carbocycles. The number of hydrogen-bond donors (Lipinski definition) is 1. The zero-order valence-electron chi connectivity index (χ0n) is 22.8. The lowest BCUT2D eigenvalue weighted by Crippen LogP contribution is -2.52. The summed E-state index contributed by atoms with van der Waals surface area (Å²) in [6.07, 6.45) is 0.388. The van der Waals surface area contributed by atoms with Crippen LogP contribution in [0.15, 0.2) is 77.7 Å². The Bertz CT molecular complexity index is 1350. The fraction of sp³-hybridized carbons (Fsp3) is 0.333. The van der Waals surface area contributed by atoms with Crippen LogP contribution >= 0.6 is 0 Å². The van der Waals surface area contributed by atoms with Crippen LogP contribution in [0, 0.1) is 20.8 Å². The highest BCUT2D eigenvalue weighted by Gasteiger charge is 2.33. The highest BCUT2D eigenvalue weighted by atomic mass is 32.2. The highest BCUT2D eigenvalue weighted by Crippen LogP contribution is 2.26. The van der Waals surface area contributed by atoms with Crippen LogP contribution in [0.4, 0.5) is 5.69 Å². The third kappa shape index (κ3) is 6.81. The molecule has 202 valence electrons. The number of hydrogen-bond acceptors (Lipinski definition) is 4. The second-order valence-corrected chi connectivity index (χ2v) is 11.3. The molecule has 0 bridgehead atoms. The number of aryl methyl sites for hydroxylation is 3. The van der Waals surface area contributed by atoms with E-state index in [0.29, 0.717) is 18.7 Å². The van der Waals surface area contributed by atoms with E-state index in [9.17, 15) is 18.0 Å². The summed E-state index contributed by atoms with van der Waals surface area (Å²) >= 11 is 0. The van der Waals surface area contributed by atoms with E-state index in [2.05, 4.69) is 5.32 Å². The van der Waals surface area contributed by atoms with Crippen molar-refractivity contribution in [3.05, 3.63) is 95.1 Å². The minimum atomic E-state index is -4.07. The second kappa shape index (κ2) is 12.7. The monoisotopic (exact) mass is 535 g/mol. The molecule has 38 heavy (non-hydrogen) atoms. The first-order chi connectivity index (χ1) is 18.1. The summed E-state index contributed by atoms with van der Waals surface area (Å²) in [7, 11) is -4.07. The van der Waals surface area contributed by atoms with Crippen molar-refractivity contribution in [1.82, 2.24) is 10.2 Å². The first-order valence-corrected chi connectivity index (χ1v) is 14.3. The van der Waals surface area contributed by atoms with Crippen LogP contribution in [0.3, 0.4) is 0 Å². The zero-order valence-corrected chi connectivity index (χ0v) is 23.6. The Kier molecular flexibility index (Phi) is 9.69. The largest absolute Gasteiger partial charge is 0.355 e. The number of carbonyl (C=O) groups is 2. The molecule has 0 radical (unpaired) electrons. The molecule has 3 rings (SSSR count). The molecule has 0 aliphatic heterocycles. The molecule has 1 N–H and O–H groups in total. The average Bonchev–Trinajstić information content (AvgIpc) is 2.89. The Morgan fingerprint density at radius 2 is 1.42 bits per heavy atom. The molecule has 8 heteroatoms. The lowest BCUT2D eigenvalue weighted by Gasteiger charge is -2.33. The number of nitrogens with one attached hydrogen (secondary N) is 1. The summed E-state index contributed by atoms with van der Waals surface area (Å²) in [6.45, 7) is 9.59. The van der Waals surface area contributed by atoms with E-state index in [1.807, 2.05) is 71.0 Å². The minimum absolute atomic E-state index is 0.0951. The Morgan fingerprint density at radius 3 is 1.97 bits per heavy atom. The maximum atomic E-state index is 14.0. The molecule has 0 spiro atoms. The third-order valence-electron chi connectivity index (χ3n) is 6.55. The van der Waals surface area contributed by atoms with Crippen molar-refractivity contribution in [2.24, 2.45) is 0 Å². The van der Waals surface area contributed by atoms with Crippen molar-refractivity contribution >= 4 is 27.5 Å². The number of carbonyl (C=O) groups excluding carboxylic acids is 2. The standard InChI is InChI=1S/C30H37N3O4S/c1-6-28(30(35)31-7-2)32(20-25-11-9-8-10-24(25)5)29(34)21-33(26-16-12-22(3)13-17-26)38(36,37)27-18-14-23(4)15-19-27/h8-19,28H,6-7,20-21H2,1-5H3,(H,31,35). The van der Waals surface area contributed by atoms with E-state index in [0.717, 1.165) is 26.6 Å². The van der Waals surface area contributed by atoms with Crippen LogP contribution < -0.4 is 9.62 Å². The van der Waals surface area contributed by atoms with Crippen LogP contribution in [0.25, 0.3) is 0 Å². The van der Waals surface area contributed by atoms with Gasteiger partial charge in [-0.3, -0.25) is 13.9 Å². The molecule has 0 fully saturated rings. The van der Waals surface area contributed by atoms with Gasteiger partial charge in [0.1, 0.15) is 12.6 Å². The number of likely N-dealkylation sites (N-methyl/N-ethyl adjacent to an activating group) is 1. The number of anilines is 1. The molecule has 0 aromatic heterocycles. The Hall–Kier alpha value is -3.65. The summed E-state index contributed by atoms with van der Waals surface area (Å²) in [4.78, 5) is 28.6. The van der Waals surface area contributed by atoms with Crippen LogP contribution in [-0.4, -0.2) is 44.3 Å². The molecule has 1 unspecified atom stereocenters. The summed E-state index contributed by atoms with van der Waals surface area (Å²) in [5, 5.41) is 2.82. The van der Waals surface area contributed by atoms with Crippen LogP contribution in [0.1, 0.15) is 42.5 Å². The first kappa shape index (κ1) is 28.9. The number of nitrogens with zero attached hydrogens (tertiary/aromatic N) is 2. The van der Waals surface area contributed by atoms with Gasteiger partial charge in [-0.1, -0.05) is 66.6 Å². The van der Waals surface area contributed by atoms with Gasteiger partial charge in [0.05, 0.1) is 10.6 Å². The smallest absolute Gasteiger partial charge is 0.264 e. The van der Waals surface area contributed by atoms with Gasteiger partial charge < -0.3 is 10.2 Å². The van der Waals surface area contributed by atoms with Gasteiger partial charge in [0, 0.05) is 13.1 Å². The number of benzene rings is 3. The van der Waals surface area contributed by atoms with E-state index in [1.165, 1.54) is 4.90 Å². The van der Waals surface area contributed by atoms with Gasteiger partial charge in [0.15, 0.2) is 0 Å². The van der Waals surface area contributed by atoms with Crippen molar-refractivity contribution in [1.29, 1.82) is 0 Å². The van der Waals surface area contributed by atoms with Crippen LogP contribution in [0.5, 0.6) is 0 Å². The lowest BCUT2D eigenvalue weighted by molar-refractivity contribution is -0.140. The predicted molar refractivity (Wildman–Crippen MR) is 151 cm³/mol. The lowest BCUT2D eigenvalue weighted by atomic mass is 10.1. The first-order valence-electron chi connectivity index (χ1n) is 12.9. The SMILES string of the molecule is CCNC(=O)C(CC)N(Cc1ccccc1C)C(=O)CN(c1ccc(C)cc1)S(=O)(=O)c1ccc(C)cc1. The van der Waals surface area contributed by atoms with E-state index >= 15 is 0 Å². The molecule has 1 atom stereocenters. The van der Waals surface area contributed by atoms with Crippen molar-refractivity contribution in [2.45, 2.75) is 58.5 Å². The van der Waals surface area contributed by atoms with Gasteiger partial charge >= 0.3 is 0 Å². The molecule has 0 saturated carbocycles. The number of rotatable bonds is 11. The molecule has 7 nitrogen and oxygen atoms in total. The Morgan fingerprint density at radius 1 is 0.842 bits per heavy atom. The predicted octanol–water partition coefficient (Wildman–Crippen LogP) is 4.75. The van der Waals surface area contributed by atoms with Gasteiger partial charge in [-0.2, -0.15) is 0 Å². The molecule has 0 saturated heterocycles. The van der Waals surface area contributed by atoms with Gasteiger partial charge in [-0.05, 0) is 69.5 Å². The molecule has 3 aromatic carbocycles. The van der Waals surface area contributed by atoms with E-state index in [1.54, 1.807) is 36.4 Å². The van der Waals surface area contributed by atoms with Gasteiger partial charge in [-0.15, -0.1) is 0 Å². The maximum Gasteiger partial charge on any atom is 0.264 e. The quantitative estimate of drug-likeness (QED) is 0.384. The molecular formula is C30H37N3O4S. The summed E-state index contributed by atoms with van der Waals surface area (Å²) < 4.78 is 28.8. The van der Waals surface area contributed by atoms with Crippen molar-refractivity contribution in [3.63, 3.8) is 0 Å². The fourth-order valence-corrected chi connectivity index (χ4v) is 5.67. The van der Waals surface area contributed by atoms with Gasteiger partial charge in [-0.25, -0.2) is 8.42 Å². The summed E-state index contributed by atoms with van der Waals surface area (Å²) in [5.41, 5.74) is 4.16. The molecule has 3 aromatic rings. The Balaban J connectivity index is 2.06. The van der Waals surface area contributed by atoms with Crippen LogP contribution in [0.2, 0.25) is 0 Å². The number of sulfonamides is 1. The average molecular weight is 536 g/mol. The van der Waals surface area contributed by atoms with E-state index in [4.69, 9.17) is 0 Å².